The van der Waals surface area contributed by atoms with E-state index in [1.807, 2.05) is 37.5 Å². The molecular formula is C18H22N2O. The number of aromatic hydroxyl groups is 1. The summed E-state index contributed by atoms with van der Waals surface area (Å²) < 4.78 is 1.81. The Labute approximate surface area is 125 Å². The molecule has 21 heavy (non-hydrogen) atoms. The van der Waals surface area contributed by atoms with Crippen molar-refractivity contribution >= 4 is 17.1 Å². The predicted molar refractivity (Wildman–Crippen MR) is 88.2 cm³/mol. The van der Waals surface area contributed by atoms with Gasteiger partial charge in [0, 0.05) is 25.2 Å². The van der Waals surface area contributed by atoms with E-state index in [-0.39, 0.29) is 5.88 Å². The maximum absolute atomic E-state index is 10.2. The largest absolute Gasteiger partial charge is 0.494 e. The van der Waals surface area contributed by atoms with Crippen molar-refractivity contribution in [2.45, 2.75) is 32.1 Å². The van der Waals surface area contributed by atoms with Crippen molar-refractivity contribution < 1.29 is 5.11 Å². The quantitative estimate of drug-likeness (QED) is 0.662. The zero-order valence-corrected chi connectivity index (χ0v) is 12.5. The fourth-order valence-corrected chi connectivity index (χ4v) is 3.03. The summed E-state index contributed by atoms with van der Waals surface area (Å²) in [5.74, 6) is 0.289. The van der Waals surface area contributed by atoms with Crippen molar-refractivity contribution in [1.82, 2.24) is 4.57 Å². The van der Waals surface area contributed by atoms with Gasteiger partial charge in [0.2, 0.25) is 5.88 Å². The summed E-state index contributed by atoms with van der Waals surface area (Å²) in [7, 11) is 1.88. The zero-order chi connectivity index (χ0) is 14.7. The van der Waals surface area contributed by atoms with Crippen molar-refractivity contribution in [1.29, 1.82) is 0 Å². The van der Waals surface area contributed by atoms with E-state index in [0.29, 0.717) is 0 Å². The molecule has 1 aromatic heterocycles. The number of hydrogen-bond donors (Lipinski definition) is 1. The minimum atomic E-state index is 0.289. The van der Waals surface area contributed by atoms with Crippen LogP contribution in [-0.4, -0.2) is 22.4 Å². The van der Waals surface area contributed by atoms with E-state index in [9.17, 15) is 5.11 Å². The molecule has 0 bridgehead atoms. The van der Waals surface area contributed by atoms with Crippen LogP contribution in [0.25, 0.3) is 10.9 Å². The Hall–Kier alpha value is -2.03. The van der Waals surface area contributed by atoms with Crippen molar-refractivity contribution in [3.05, 3.63) is 41.5 Å². The number of fused-ring (bicyclic) bond motifs is 1. The molecule has 0 amide bonds. The number of nitrogens with zero attached hydrogens (tertiary/aromatic N) is 2. The van der Waals surface area contributed by atoms with Gasteiger partial charge < -0.3 is 9.67 Å². The lowest BCUT2D eigenvalue weighted by atomic mass is 9.97. The Bertz CT molecular complexity index is 695. The summed E-state index contributed by atoms with van der Waals surface area (Å²) in [6.45, 7) is 0.800. The highest BCUT2D eigenvalue weighted by Crippen LogP contribution is 2.28. The van der Waals surface area contributed by atoms with Gasteiger partial charge >= 0.3 is 0 Å². The number of aliphatic imine (C=N–C) groups is 1. The normalized spacial score (nSPS) is 15.8. The van der Waals surface area contributed by atoms with Crippen molar-refractivity contribution in [2.24, 2.45) is 12.0 Å². The molecule has 1 heterocycles. The van der Waals surface area contributed by atoms with E-state index < -0.39 is 0 Å². The molecule has 3 heteroatoms. The monoisotopic (exact) mass is 282 g/mol. The first kappa shape index (κ1) is 13.9. The Morgan fingerprint density at radius 3 is 2.95 bits per heavy atom. The van der Waals surface area contributed by atoms with Crippen LogP contribution in [0.1, 0.15) is 37.7 Å². The van der Waals surface area contributed by atoms with Gasteiger partial charge in [0.25, 0.3) is 0 Å². The molecule has 2 aromatic rings. The van der Waals surface area contributed by atoms with Crippen LogP contribution < -0.4 is 0 Å². The molecule has 0 atom stereocenters. The van der Waals surface area contributed by atoms with Gasteiger partial charge in [-0.15, -0.1) is 0 Å². The summed E-state index contributed by atoms with van der Waals surface area (Å²) in [5, 5.41) is 11.3. The van der Waals surface area contributed by atoms with E-state index in [0.717, 1.165) is 29.4 Å². The van der Waals surface area contributed by atoms with Gasteiger partial charge in [-0.1, -0.05) is 29.8 Å². The van der Waals surface area contributed by atoms with Crippen LogP contribution in [0.2, 0.25) is 0 Å². The molecule has 0 saturated heterocycles. The van der Waals surface area contributed by atoms with E-state index in [4.69, 9.17) is 0 Å². The fraction of sp³-hybridized carbons (Fsp3) is 0.389. The van der Waals surface area contributed by atoms with Crippen LogP contribution >= 0.6 is 0 Å². The van der Waals surface area contributed by atoms with Crippen LogP contribution in [0, 0.1) is 0 Å². The van der Waals surface area contributed by atoms with E-state index in [1.165, 1.54) is 25.7 Å². The van der Waals surface area contributed by atoms with Gasteiger partial charge in [-0.05, 0) is 38.2 Å². The first-order valence-electron chi connectivity index (χ1n) is 7.71. The molecular weight excluding hydrogens is 260 g/mol. The molecule has 3 nitrogen and oxygen atoms in total. The highest BCUT2D eigenvalue weighted by molar-refractivity contribution is 6.02. The molecule has 3 rings (SSSR count). The van der Waals surface area contributed by atoms with Gasteiger partial charge in [0.1, 0.15) is 0 Å². The highest BCUT2D eigenvalue weighted by Gasteiger charge is 2.11. The molecule has 0 aliphatic heterocycles. The molecule has 110 valence electrons. The summed E-state index contributed by atoms with van der Waals surface area (Å²) in [6.07, 6.45) is 10.3. The highest BCUT2D eigenvalue weighted by atomic mass is 16.3. The van der Waals surface area contributed by atoms with Crippen molar-refractivity contribution in [3.8, 4) is 5.88 Å². The third-order valence-corrected chi connectivity index (χ3v) is 4.28. The van der Waals surface area contributed by atoms with E-state index >= 15 is 0 Å². The molecule has 1 aliphatic rings. The number of aryl methyl sites for hydroxylation is 1. The smallest absolute Gasteiger partial charge is 0.200 e. The van der Waals surface area contributed by atoms with Gasteiger partial charge in [0.05, 0.1) is 11.1 Å². The van der Waals surface area contributed by atoms with Crippen LogP contribution in [0.4, 0.5) is 0 Å². The molecule has 0 unspecified atom stereocenters. The van der Waals surface area contributed by atoms with E-state index in [1.54, 1.807) is 10.1 Å². The zero-order valence-electron chi connectivity index (χ0n) is 12.5. The number of rotatable bonds is 4. The second kappa shape index (κ2) is 6.17. The average molecular weight is 282 g/mol. The lowest BCUT2D eigenvalue weighted by molar-refractivity contribution is 0.434. The second-order valence-electron chi connectivity index (χ2n) is 5.71. The first-order valence-corrected chi connectivity index (χ1v) is 7.71. The minimum Gasteiger partial charge on any atom is -0.494 e. The summed E-state index contributed by atoms with van der Waals surface area (Å²) in [6, 6.07) is 8.02. The van der Waals surface area contributed by atoms with Crippen LogP contribution in [0.5, 0.6) is 5.88 Å². The molecule has 1 aromatic carbocycles. The maximum Gasteiger partial charge on any atom is 0.200 e. The lowest BCUT2D eigenvalue weighted by Gasteiger charge is -2.10. The molecule has 1 aliphatic carbocycles. The Balaban J connectivity index is 1.74. The standard InChI is InChI=1S/C18H22N2O/c1-20-17-10-6-5-9-15(17)16(18(20)21)13-19-12-11-14-7-3-2-4-8-14/h5-7,9-10,13,21H,2-4,8,11-12H2,1H3. The first-order chi connectivity index (χ1) is 10.3. The Morgan fingerprint density at radius 2 is 2.14 bits per heavy atom. The van der Waals surface area contributed by atoms with Crippen LogP contribution in [0.3, 0.4) is 0 Å². The summed E-state index contributed by atoms with van der Waals surface area (Å²) in [4.78, 5) is 4.52. The Morgan fingerprint density at radius 1 is 1.29 bits per heavy atom. The molecule has 0 saturated carbocycles. The number of allylic oxidation sites excluding steroid dienone is 1. The number of para-hydroxylation sites is 1. The number of benzene rings is 1. The topological polar surface area (TPSA) is 37.5 Å². The third-order valence-electron chi connectivity index (χ3n) is 4.28. The number of aromatic nitrogens is 1. The summed E-state index contributed by atoms with van der Waals surface area (Å²) in [5.41, 5.74) is 3.40. The number of hydrogen-bond acceptors (Lipinski definition) is 2. The van der Waals surface area contributed by atoms with Gasteiger partial charge in [-0.2, -0.15) is 0 Å². The van der Waals surface area contributed by atoms with Gasteiger partial charge in [-0.25, -0.2) is 0 Å². The maximum atomic E-state index is 10.2. The van der Waals surface area contributed by atoms with Crippen molar-refractivity contribution in [2.75, 3.05) is 6.54 Å². The van der Waals surface area contributed by atoms with Crippen molar-refractivity contribution in [3.63, 3.8) is 0 Å². The summed E-state index contributed by atoms with van der Waals surface area (Å²) >= 11 is 0. The lowest BCUT2D eigenvalue weighted by Crippen LogP contribution is -1.94. The van der Waals surface area contributed by atoms with Crippen LogP contribution in [0.15, 0.2) is 40.9 Å². The molecule has 0 fully saturated rings. The van der Waals surface area contributed by atoms with Crippen LogP contribution in [-0.2, 0) is 7.05 Å². The molecule has 1 N–H and O–H groups in total. The third kappa shape index (κ3) is 2.87. The van der Waals surface area contributed by atoms with E-state index in [2.05, 4.69) is 11.1 Å². The molecule has 0 radical (unpaired) electrons. The predicted octanol–water partition coefficient (Wildman–Crippen LogP) is 4.19. The Kier molecular flexibility index (Phi) is 4.09. The van der Waals surface area contributed by atoms with Gasteiger partial charge in [0.15, 0.2) is 0 Å². The SMILES string of the molecule is Cn1c(O)c(C=NCCC2=CCCCC2)c2ccccc21. The fourth-order valence-electron chi connectivity index (χ4n) is 3.03. The van der Waals surface area contributed by atoms with Gasteiger partial charge in [-0.3, -0.25) is 4.99 Å². The average Bonchev–Trinajstić information content (AvgIpc) is 2.77. The second-order valence-corrected chi connectivity index (χ2v) is 5.71. The molecule has 0 spiro atoms. The minimum absolute atomic E-state index is 0.289.